The van der Waals surface area contributed by atoms with Crippen LogP contribution in [0.1, 0.15) is 36.3 Å². The van der Waals surface area contributed by atoms with Gasteiger partial charge in [0, 0.05) is 6.42 Å². The molecule has 2 atom stereocenters. The van der Waals surface area contributed by atoms with E-state index < -0.39 is 0 Å². The van der Waals surface area contributed by atoms with Crippen molar-refractivity contribution in [3.8, 4) is 0 Å². The zero-order chi connectivity index (χ0) is 10.4. The van der Waals surface area contributed by atoms with E-state index in [1.54, 1.807) is 7.05 Å². The second-order valence-corrected chi connectivity index (χ2v) is 4.82. The predicted molar refractivity (Wildman–Crippen MR) is 52.1 cm³/mol. The third kappa shape index (κ3) is 1.66. The highest BCUT2D eigenvalue weighted by atomic mass is 16.1. The summed E-state index contributed by atoms with van der Waals surface area (Å²) in [5, 5.41) is 11.3. The Labute approximate surface area is 87.8 Å². The molecule has 0 N–H and O–H groups in total. The maximum absolute atomic E-state index is 11.8. The Balaban J connectivity index is 1.61. The number of Topliss-reactive ketones (excluding diaryl/α,β-unsaturated/α-hetero) is 1. The summed E-state index contributed by atoms with van der Waals surface area (Å²) in [5.74, 6) is 2.76. The van der Waals surface area contributed by atoms with Crippen molar-refractivity contribution in [1.29, 1.82) is 0 Å². The normalized spacial score (nSPS) is 32.7. The number of ketones is 1. The molecule has 1 aromatic heterocycles. The van der Waals surface area contributed by atoms with Gasteiger partial charge >= 0.3 is 0 Å². The molecular formula is C10H14N4O. The summed E-state index contributed by atoms with van der Waals surface area (Å²) in [4.78, 5) is 13.1. The molecule has 2 aliphatic rings. The van der Waals surface area contributed by atoms with Crippen molar-refractivity contribution >= 4 is 5.78 Å². The first-order valence-electron chi connectivity index (χ1n) is 5.49. The molecule has 0 aliphatic heterocycles. The molecular weight excluding hydrogens is 192 g/mol. The Bertz CT molecular complexity index is 390. The van der Waals surface area contributed by atoms with E-state index in [1.165, 1.54) is 24.1 Å². The summed E-state index contributed by atoms with van der Waals surface area (Å²) in [6, 6.07) is 0. The summed E-state index contributed by atoms with van der Waals surface area (Å²) >= 11 is 0. The first-order chi connectivity index (χ1) is 7.22. The molecule has 0 amide bonds. The summed E-state index contributed by atoms with van der Waals surface area (Å²) in [7, 11) is 1.68. The number of carbonyl (C=O) groups excluding carboxylic acids is 1. The first kappa shape index (κ1) is 9.00. The number of aryl methyl sites for hydroxylation is 1. The van der Waals surface area contributed by atoms with Crippen molar-refractivity contribution in [2.75, 3.05) is 0 Å². The zero-order valence-corrected chi connectivity index (χ0v) is 8.76. The average molecular weight is 206 g/mol. The minimum Gasteiger partial charge on any atom is -0.290 e. The van der Waals surface area contributed by atoms with E-state index >= 15 is 0 Å². The van der Waals surface area contributed by atoms with Crippen LogP contribution in [0.5, 0.6) is 0 Å². The van der Waals surface area contributed by atoms with Crippen molar-refractivity contribution in [3.63, 3.8) is 0 Å². The fourth-order valence-electron chi connectivity index (χ4n) is 2.76. The quantitative estimate of drug-likeness (QED) is 0.687. The lowest BCUT2D eigenvalue weighted by atomic mass is 9.97. The number of aromatic nitrogens is 4. The minimum atomic E-state index is 0.0504. The van der Waals surface area contributed by atoms with Crippen molar-refractivity contribution < 1.29 is 4.79 Å². The van der Waals surface area contributed by atoms with E-state index in [2.05, 4.69) is 15.4 Å². The molecule has 0 radical (unpaired) electrons. The smallest absolute Gasteiger partial charge is 0.240 e. The van der Waals surface area contributed by atoms with Crippen LogP contribution >= 0.6 is 0 Å². The minimum absolute atomic E-state index is 0.0504. The van der Waals surface area contributed by atoms with Crippen LogP contribution in [0, 0.1) is 17.8 Å². The number of hydrogen-bond donors (Lipinski definition) is 0. The van der Waals surface area contributed by atoms with Gasteiger partial charge in [0.1, 0.15) is 0 Å². The Morgan fingerprint density at radius 2 is 2.13 bits per heavy atom. The molecule has 2 saturated carbocycles. The molecule has 2 unspecified atom stereocenters. The lowest BCUT2D eigenvalue weighted by Crippen LogP contribution is -2.09. The molecule has 3 rings (SSSR count). The van der Waals surface area contributed by atoms with E-state index in [-0.39, 0.29) is 11.6 Å². The summed E-state index contributed by atoms with van der Waals surface area (Å²) in [6.45, 7) is 0. The van der Waals surface area contributed by atoms with Crippen molar-refractivity contribution in [1.82, 2.24) is 20.2 Å². The van der Waals surface area contributed by atoms with E-state index in [0.717, 1.165) is 11.8 Å². The van der Waals surface area contributed by atoms with E-state index in [4.69, 9.17) is 0 Å². The highest BCUT2D eigenvalue weighted by Gasteiger charge is 2.46. The van der Waals surface area contributed by atoms with Crippen LogP contribution in [0.3, 0.4) is 0 Å². The van der Waals surface area contributed by atoms with Crippen LogP contribution in [-0.2, 0) is 7.05 Å². The summed E-state index contributed by atoms with van der Waals surface area (Å²) < 4.78 is 0. The van der Waals surface area contributed by atoms with Gasteiger partial charge in [-0.15, -0.1) is 10.2 Å². The third-order valence-electron chi connectivity index (χ3n) is 3.57. The molecule has 2 fully saturated rings. The molecule has 5 heteroatoms. The van der Waals surface area contributed by atoms with Gasteiger partial charge in [-0.1, -0.05) is 0 Å². The molecule has 80 valence electrons. The van der Waals surface area contributed by atoms with Gasteiger partial charge in [-0.25, -0.2) is 0 Å². The first-order valence-corrected chi connectivity index (χ1v) is 5.49. The molecule has 15 heavy (non-hydrogen) atoms. The number of hydrogen-bond acceptors (Lipinski definition) is 4. The number of fused-ring (bicyclic) bond motifs is 1. The number of rotatable bonds is 3. The van der Waals surface area contributed by atoms with E-state index in [0.29, 0.717) is 12.3 Å². The van der Waals surface area contributed by atoms with Crippen molar-refractivity contribution in [2.45, 2.75) is 25.7 Å². The van der Waals surface area contributed by atoms with Gasteiger partial charge in [0.25, 0.3) is 0 Å². The molecule has 0 aromatic carbocycles. The van der Waals surface area contributed by atoms with E-state index in [9.17, 15) is 4.79 Å². The van der Waals surface area contributed by atoms with Gasteiger partial charge in [-0.3, -0.25) is 4.79 Å². The number of tetrazole rings is 1. The summed E-state index contributed by atoms with van der Waals surface area (Å²) in [6.07, 6.45) is 4.47. The van der Waals surface area contributed by atoms with Gasteiger partial charge in [0.2, 0.25) is 11.6 Å². The Morgan fingerprint density at radius 1 is 1.40 bits per heavy atom. The Hall–Kier alpha value is -1.26. The fraction of sp³-hybridized carbons (Fsp3) is 0.800. The molecule has 1 aromatic rings. The van der Waals surface area contributed by atoms with Crippen LogP contribution in [-0.4, -0.2) is 26.0 Å². The zero-order valence-electron chi connectivity index (χ0n) is 8.76. The molecule has 1 heterocycles. The summed E-state index contributed by atoms with van der Waals surface area (Å²) in [5.41, 5.74) is 0. The lowest BCUT2D eigenvalue weighted by molar-refractivity contribution is 0.0949. The lowest BCUT2D eigenvalue weighted by Gasteiger charge is -2.07. The SMILES string of the molecule is Cn1nnc(C(=O)CC2CC3CC3C2)n1. The highest BCUT2D eigenvalue weighted by Crippen LogP contribution is 2.55. The topological polar surface area (TPSA) is 60.7 Å². The molecule has 2 aliphatic carbocycles. The van der Waals surface area contributed by atoms with Gasteiger partial charge in [-0.2, -0.15) is 4.80 Å². The third-order valence-corrected chi connectivity index (χ3v) is 3.57. The van der Waals surface area contributed by atoms with Gasteiger partial charge < -0.3 is 0 Å². The molecule has 0 spiro atoms. The van der Waals surface area contributed by atoms with Crippen molar-refractivity contribution in [2.24, 2.45) is 24.8 Å². The Kier molecular flexibility index (Phi) is 1.87. The second kappa shape index (κ2) is 3.12. The van der Waals surface area contributed by atoms with Gasteiger partial charge in [0.15, 0.2) is 0 Å². The average Bonchev–Trinajstić information content (AvgIpc) is 2.63. The van der Waals surface area contributed by atoms with Gasteiger partial charge in [-0.05, 0) is 42.2 Å². The van der Waals surface area contributed by atoms with Crippen LogP contribution in [0.2, 0.25) is 0 Å². The van der Waals surface area contributed by atoms with Crippen molar-refractivity contribution in [3.05, 3.63) is 5.82 Å². The monoisotopic (exact) mass is 206 g/mol. The largest absolute Gasteiger partial charge is 0.290 e. The van der Waals surface area contributed by atoms with E-state index in [1.807, 2.05) is 0 Å². The molecule has 5 nitrogen and oxygen atoms in total. The number of nitrogens with zero attached hydrogens (tertiary/aromatic N) is 4. The standard InChI is InChI=1S/C10H14N4O/c1-14-12-10(11-13-14)9(15)4-6-2-7-5-8(7)3-6/h6-8H,2-5H2,1H3. The number of carbonyl (C=O) groups is 1. The maximum atomic E-state index is 11.8. The van der Waals surface area contributed by atoms with Crippen LogP contribution in [0.4, 0.5) is 0 Å². The highest BCUT2D eigenvalue weighted by molar-refractivity contribution is 5.92. The molecule has 0 bridgehead atoms. The van der Waals surface area contributed by atoms with Crippen LogP contribution in [0.15, 0.2) is 0 Å². The van der Waals surface area contributed by atoms with Crippen LogP contribution in [0.25, 0.3) is 0 Å². The fourth-order valence-corrected chi connectivity index (χ4v) is 2.76. The molecule has 0 saturated heterocycles. The van der Waals surface area contributed by atoms with Gasteiger partial charge in [0.05, 0.1) is 7.05 Å². The maximum Gasteiger partial charge on any atom is 0.240 e. The predicted octanol–water partition coefficient (Wildman–Crippen LogP) is 0.829. The van der Waals surface area contributed by atoms with Crippen LogP contribution < -0.4 is 0 Å². The second-order valence-electron chi connectivity index (χ2n) is 4.82. The Morgan fingerprint density at radius 3 is 2.73 bits per heavy atom.